The van der Waals surface area contributed by atoms with Crippen LogP contribution >= 0.6 is 0 Å². The van der Waals surface area contributed by atoms with Crippen LogP contribution in [0.2, 0.25) is 0 Å². The van der Waals surface area contributed by atoms with Crippen LogP contribution in [0.3, 0.4) is 0 Å². The number of carbonyl (C=O) groups is 1. The highest BCUT2D eigenvalue weighted by atomic mass is 32.2. The molecule has 2 aromatic carbocycles. The Hall–Kier alpha value is -2.71. The summed E-state index contributed by atoms with van der Waals surface area (Å²) in [5, 5.41) is 15.9. The Morgan fingerprint density at radius 3 is 1.72 bits per heavy atom. The van der Waals surface area contributed by atoms with E-state index in [-0.39, 0.29) is 5.91 Å². The molecule has 11 nitrogen and oxygen atoms in total. The van der Waals surface area contributed by atoms with Crippen molar-refractivity contribution < 1.29 is 26.7 Å². The predicted molar refractivity (Wildman–Crippen MR) is 158 cm³/mol. The lowest BCUT2D eigenvalue weighted by atomic mass is 10.1. The number of anilines is 2. The van der Waals surface area contributed by atoms with Gasteiger partial charge in [0.1, 0.15) is 0 Å². The topological polar surface area (TPSA) is 157 Å². The standard InChI is InChI=1S/C14H23N3O3S.C12H20N2O3S/c1-4-17(5-2)11-10-15-14(18)12-6-8-13(9-7-12)16-21(3,19)20;1-9(2)13-8-12(15)10-4-6-11(7-5-10)14-18(3,16)17/h6-9,16H,4-5,10-11H2,1-3H3,(H,15,18);4-7,9,12-15H,8H2,1-3H3. The maximum Gasteiger partial charge on any atom is 0.251 e. The summed E-state index contributed by atoms with van der Waals surface area (Å²) in [6, 6.07) is 13.3. The average Bonchev–Trinajstić information content (AvgIpc) is 2.84. The SMILES string of the molecule is CC(C)NCC(O)c1ccc(NS(C)(=O)=O)cc1.CCN(CC)CCNC(=O)c1ccc(NS(C)(=O)=O)cc1. The molecule has 1 atom stereocenters. The second-order valence-corrected chi connectivity index (χ2v) is 12.8. The number of benzene rings is 2. The van der Waals surface area contributed by atoms with E-state index in [1.54, 1.807) is 48.5 Å². The van der Waals surface area contributed by atoms with E-state index in [1.165, 1.54) is 0 Å². The van der Waals surface area contributed by atoms with Crippen molar-refractivity contribution in [2.24, 2.45) is 0 Å². The summed E-state index contributed by atoms with van der Waals surface area (Å²) in [6.07, 6.45) is 1.59. The van der Waals surface area contributed by atoms with E-state index >= 15 is 0 Å². The van der Waals surface area contributed by atoms with Gasteiger partial charge in [-0.3, -0.25) is 14.2 Å². The second-order valence-electron chi connectivity index (χ2n) is 9.31. The highest BCUT2D eigenvalue weighted by Gasteiger charge is 2.09. The Labute approximate surface area is 233 Å². The maximum absolute atomic E-state index is 11.9. The van der Waals surface area contributed by atoms with Crippen LogP contribution in [0.25, 0.3) is 0 Å². The molecule has 0 heterocycles. The molecule has 0 aliphatic rings. The Morgan fingerprint density at radius 2 is 1.31 bits per heavy atom. The van der Waals surface area contributed by atoms with Gasteiger partial charge in [0.25, 0.3) is 5.91 Å². The van der Waals surface area contributed by atoms with Crippen LogP contribution in [0.5, 0.6) is 0 Å². The van der Waals surface area contributed by atoms with Crippen molar-refractivity contribution in [1.82, 2.24) is 15.5 Å². The molecule has 1 amide bonds. The third-order valence-corrected chi connectivity index (χ3v) is 6.59. The Kier molecular flexibility index (Phi) is 14.4. The van der Waals surface area contributed by atoms with Gasteiger partial charge >= 0.3 is 0 Å². The van der Waals surface area contributed by atoms with Crippen LogP contribution in [0, 0.1) is 0 Å². The summed E-state index contributed by atoms with van der Waals surface area (Å²) < 4.78 is 49.0. The third kappa shape index (κ3) is 15.5. The number of nitrogens with zero attached hydrogens (tertiary/aromatic N) is 1. The van der Waals surface area contributed by atoms with Gasteiger partial charge in [-0.15, -0.1) is 0 Å². The molecular weight excluding hydrogens is 542 g/mol. The van der Waals surface area contributed by atoms with Gasteiger partial charge in [-0.1, -0.05) is 39.8 Å². The number of likely N-dealkylation sites (N-methyl/N-ethyl adjacent to an activating group) is 1. The molecule has 13 heteroatoms. The number of aliphatic hydroxyl groups excluding tert-OH is 1. The molecule has 0 fully saturated rings. The summed E-state index contributed by atoms with van der Waals surface area (Å²) in [7, 11) is -6.55. The lowest BCUT2D eigenvalue weighted by Crippen LogP contribution is -2.34. The number of nitrogens with one attached hydrogen (secondary N) is 4. The molecule has 5 N–H and O–H groups in total. The highest BCUT2D eigenvalue weighted by molar-refractivity contribution is 7.92. The van der Waals surface area contributed by atoms with Gasteiger partial charge in [-0.05, 0) is 55.1 Å². The Bertz CT molecular complexity index is 1210. The zero-order chi connectivity index (χ0) is 29.6. The van der Waals surface area contributed by atoms with E-state index in [1.807, 2.05) is 13.8 Å². The van der Waals surface area contributed by atoms with E-state index in [4.69, 9.17) is 0 Å². The van der Waals surface area contributed by atoms with Gasteiger partial charge in [0.2, 0.25) is 20.0 Å². The lowest BCUT2D eigenvalue weighted by molar-refractivity contribution is 0.0949. The number of aliphatic hydroxyl groups is 1. The fourth-order valence-corrected chi connectivity index (χ4v) is 4.45. The van der Waals surface area contributed by atoms with E-state index < -0.39 is 26.2 Å². The Balaban J connectivity index is 0.000000395. The van der Waals surface area contributed by atoms with Crippen LogP contribution in [0.4, 0.5) is 11.4 Å². The summed E-state index contributed by atoms with van der Waals surface area (Å²) in [6.45, 7) is 12.0. The number of carbonyl (C=O) groups excluding carboxylic acids is 1. The van der Waals surface area contributed by atoms with E-state index in [9.17, 15) is 26.7 Å². The second kappa shape index (κ2) is 16.4. The summed E-state index contributed by atoms with van der Waals surface area (Å²) in [5.74, 6) is -0.159. The van der Waals surface area contributed by atoms with Crippen LogP contribution < -0.4 is 20.1 Å². The van der Waals surface area contributed by atoms with Crippen molar-refractivity contribution in [3.8, 4) is 0 Å². The molecule has 220 valence electrons. The summed E-state index contributed by atoms with van der Waals surface area (Å²) in [5.41, 5.74) is 2.19. The van der Waals surface area contributed by atoms with Crippen LogP contribution in [0.15, 0.2) is 48.5 Å². The van der Waals surface area contributed by atoms with Gasteiger partial charge in [-0.2, -0.15) is 0 Å². The van der Waals surface area contributed by atoms with Gasteiger partial charge in [0.05, 0.1) is 18.6 Å². The van der Waals surface area contributed by atoms with Crippen molar-refractivity contribution >= 4 is 37.3 Å². The molecule has 0 spiro atoms. The van der Waals surface area contributed by atoms with Gasteiger partial charge in [0, 0.05) is 42.6 Å². The van der Waals surface area contributed by atoms with Gasteiger partial charge in [-0.25, -0.2) is 16.8 Å². The average molecular weight is 586 g/mol. The molecule has 0 aliphatic carbocycles. The smallest absolute Gasteiger partial charge is 0.251 e. The number of amides is 1. The molecule has 0 saturated heterocycles. The predicted octanol–water partition coefficient (Wildman–Crippen LogP) is 2.22. The molecular formula is C26H43N5O6S2. The molecule has 0 aromatic heterocycles. The first-order chi connectivity index (χ1) is 18.1. The minimum atomic E-state index is -3.30. The minimum absolute atomic E-state index is 0.159. The zero-order valence-corrected chi connectivity index (χ0v) is 25.2. The first kappa shape index (κ1) is 34.3. The zero-order valence-electron chi connectivity index (χ0n) is 23.6. The molecule has 0 saturated carbocycles. The van der Waals surface area contributed by atoms with Gasteiger partial charge in [0.15, 0.2) is 0 Å². The van der Waals surface area contributed by atoms with E-state index in [0.717, 1.165) is 37.7 Å². The fourth-order valence-electron chi connectivity index (χ4n) is 3.33. The first-order valence-electron chi connectivity index (χ1n) is 12.7. The summed E-state index contributed by atoms with van der Waals surface area (Å²) in [4.78, 5) is 14.2. The molecule has 2 aromatic rings. The fraction of sp³-hybridized carbons (Fsp3) is 0.500. The quantitative estimate of drug-likeness (QED) is 0.226. The number of rotatable bonds is 14. The largest absolute Gasteiger partial charge is 0.387 e. The number of sulfonamides is 2. The van der Waals surface area contributed by atoms with E-state index in [0.29, 0.717) is 36.1 Å². The normalized spacial score (nSPS) is 12.4. The summed E-state index contributed by atoms with van der Waals surface area (Å²) >= 11 is 0. The Morgan fingerprint density at radius 1 is 0.846 bits per heavy atom. The first-order valence-corrected chi connectivity index (χ1v) is 16.5. The highest BCUT2D eigenvalue weighted by Crippen LogP contribution is 2.16. The van der Waals surface area contributed by atoms with Crippen LogP contribution in [0.1, 0.15) is 49.7 Å². The monoisotopic (exact) mass is 585 g/mol. The van der Waals surface area contributed by atoms with Crippen LogP contribution in [-0.2, 0) is 20.0 Å². The third-order valence-electron chi connectivity index (χ3n) is 5.38. The van der Waals surface area contributed by atoms with E-state index in [2.05, 4.69) is 38.8 Å². The molecule has 0 bridgehead atoms. The maximum atomic E-state index is 11.9. The van der Waals surface area contributed by atoms with Crippen LogP contribution in [-0.4, -0.2) is 84.0 Å². The number of hydrogen-bond acceptors (Lipinski definition) is 8. The van der Waals surface area contributed by atoms with Crippen molar-refractivity contribution in [2.75, 3.05) is 54.7 Å². The molecule has 0 radical (unpaired) electrons. The molecule has 0 aliphatic heterocycles. The number of hydrogen-bond donors (Lipinski definition) is 5. The van der Waals surface area contributed by atoms with Crippen molar-refractivity contribution in [2.45, 2.75) is 39.8 Å². The minimum Gasteiger partial charge on any atom is -0.387 e. The molecule has 39 heavy (non-hydrogen) atoms. The lowest BCUT2D eigenvalue weighted by Gasteiger charge is -2.17. The molecule has 2 rings (SSSR count). The van der Waals surface area contributed by atoms with Gasteiger partial charge < -0.3 is 20.6 Å². The molecule has 1 unspecified atom stereocenters. The van der Waals surface area contributed by atoms with Crippen molar-refractivity contribution in [1.29, 1.82) is 0 Å². The van der Waals surface area contributed by atoms with Crippen molar-refractivity contribution in [3.63, 3.8) is 0 Å². The van der Waals surface area contributed by atoms with Crippen molar-refractivity contribution in [3.05, 3.63) is 59.7 Å².